The summed E-state index contributed by atoms with van der Waals surface area (Å²) >= 11 is 0. The Balaban J connectivity index is 2.54. The third-order valence-electron chi connectivity index (χ3n) is 2.28. The molecular weight excluding hydrogens is 180 g/mol. The van der Waals surface area contributed by atoms with Crippen LogP contribution in [0.4, 0.5) is 0 Å². The Morgan fingerprint density at radius 1 is 1.36 bits per heavy atom. The number of hydrogen-bond acceptors (Lipinski definition) is 2. The molecule has 3 nitrogen and oxygen atoms in total. The first-order valence-corrected chi connectivity index (χ1v) is 4.79. The van der Waals surface area contributed by atoms with Crippen molar-refractivity contribution < 1.29 is 14.7 Å². The number of carboxylic acids is 1. The van der Waals surface area contributed by atoms with Crippen molar-refractivity contribution in [1.29, 1.82) is 0 Å². The molecule has 0 atom stereocenters. The van der Waals surface area contributed by atoms with E-state index in [0.717, 1.165) is 24.0 Å². The summed E-state index contributed by atoms with van der Waals surface area (Å²) < 4.78 is 0. The molecule has 0 bridgehead atoms. The first kappa shape index (κ1) is 10.7. The van der Waals surface area contributed by atoms with Gasteiger partial charge in [-0.3, -0.25) is 9.59 Å². The van der Waals surface area contributed by atoms with Gasteiger partial charge in [-0.2, -0.15) is 0 Å². The molecule has 0 saturated carbocycles. The molecule has 0 heterocycles. The number of carboxylic acid groups (broad SMARTS) is 1. The highest BCUT2D eigenvalue weighted by Gasteiger charge is 2.16. The number of ketones is 1. The molecule has 0 spiro atoms. The molecule has 1 aliphatic carbocycles. The van der Waals surface area contributed by atoms with Gasteiger partial charge >= 0.3 is 5.97 Å². The molecule has 0 amide bonds. The fourth-order valence-corrected chi connectivity index (χ4v) is 1.54. The summed E-state index contributed by atoms with van der Waals surface area (Å²) in [6, 6.07) is 0. The molecule has 1 aliphatic rings. The molecule has 0 aromatic heterocycles. The van der Waals surface area contributed by atoms with Crippen LogP contribution in [0.2, 0.25) is 0 Å². The zero-order chi connectivity index (χ0) is 10.6. The van der Waals surface area contributed by atoms with Gasteiger partial charge in [0, 0.05) is 12.0 Å². The van der Waals surface area contributed by atoms with Gasteiger partial charge in [0.25, 0.3) is 0 Å². The normalized spacial score (nSPS) is 14.9. The van der Waals surface area contributed by atoms with Crippen LogP contribution in [-0.2, 0) is 9.59 Å². The smallest absolute Gasteiger partial charge is 0.303 e. The fraction of sp³-hybridized carbons (Fsp3) is 0.455. The number of carbonyl (C=O) groups is 2. The molecule has 0 aromatic carbocycles. The van der Waals surface area contributed by atoms with Gasteiger partial charge in [0.1, 0.15) is 0 Å². The highest BCUT2D eigenvalue weighted by Crippen LogP contribution is 2.23. The van der Waals surface area contributed by atoms with Crippen molar-refractivity contribution in [3.63, 3.8) is 0 Å². The highest BCUT2D eigenvalue weighted by molar-refractivity contribution is 6.01. The molecule has 0 aliphatic heterocycles. The summed E-state index contributed by atoms with van der Waals surface area (Å²) in [6.07, 6.45) is 5.57. The molecule has 14 heavy (non-hydrogen) atoms. The van der Waals surface area contributed by atoms with E-state index in [4.69, 9.17) is 5.11 Å². The Kier molecular flexibility index (Phi) is 3.63. The Morgan fingerprint density at radius 3 is 2.64 bits per heavy atom. The van der Waals surface area contributed by atoms with Crippen LogP contribution in [0.25, 0.3) is 0 Å². The lowest BCUT2D eigenvalue weighted by Gasteiger charge is -2.03. The van der Waals surface area contributed by atoms with Crippen LogP contribution in [0.15, 0.2) is 23.3 Å². The van der Waals surface area contributed by atoms with Gasteiger partial charge in [0.15, 0.2) is 5.78 Å². The zero-order valence-corrected chi connectivity index (χ0v) is 8.25. The van der Waals surface area contributed by atoms with Crippen molar-refractivity contribution in [1.82, 2.24) is 0 Å². The van der Waals surface area contributed by atoms with Crippen LogP contribution in [-0.4, -0.2) is 16.9 Å². The molecule has 0 fully saturated rings. The number of carbonyl (C=O) groups excluding carboxylic acids is 1. The van der Waals surface area contributed by atoms with Crippen LogP contribution in [0.5, 0.6) is 0 Å². The van der Waals surface area contributed by atoms with Crippen LogP contribution < -0.4 is 0 Å². The van der Waals surface area contributed by atoms with Crippen molar-refractivity contribution in [2.75, 3.05) is 0 Å². The van der Waals surface area contributed by atoms with Crippen molar-refractivity contribution in [3.05, 3.63) is 23.3 Å². The molecule has 3 heteroatoms. The number of aliphatic carboxylic acids is 1. The van der Waals surface area contributed by atoms with Crippen molar-refractivity contribution in [2.24, 2.45) is 0 Å². The van der Waals surface area contributed by atoms with E-state index in [1.165, 1.54) is 0 Å². The van der Waals surface area contributed by atoms with Gasteiger partial charge in [-0.25, -0.2) is 0 Å². The standard InChI is InChI=1S/C11H14O3/c1-2-8-4-3-5-9(8)10(12)6-7-11(13)14/h4-5H,2-3,6-7H2,1H3,(H,13,14). The van der Waals surface area contributed by atoms with Crippen LogP contribution in [0.1, 0.15) is 32.6 Å². The maximum atomic E-state index is 11.5. The van der Waals surface area contributed by atoms with E-state index in [1.807, 2.05) is 19.1 Å². The first-order valence-electron chi connectivity index (χ1n) is 4.79. The minimum absolute atomic E-state index is 0.0435. The number of hydrogen-bond donors (Lipinski definition) is 1. The minimum Gasteiger partial charge on any atom is -0.481 e. The number of Topliss-reactive ketones (excluding diaryl/α,β-unsaturated/α-hetero) is 1. The van der Waals surface area contributed by atoms with E-state index >= 15 is 0 Å². The van der Waals surface area contributed by atoms with Gasteiger partial charge in [-0.1, -0.05) is 19.1 Å². The lowest BCUT2D eigenvalue weighted by Crippen LogP contribution is -2.06. The molecule has 0 radical (unpaired) electrons. The maximum absolute atomic E-state index is 11.5. The lowest BCUT2D eigenvalue weighted by molar-refractivity contribution is -0.138. The second kappa shape index (κ2) is 4.74. The molecular formula is C11H14O3. The highest BCUT2D eigenvalue weighted by atomic mass is 16.4. The number of rotatable bonds is 5. The minimum atomic E-state index is -0.918. The summed E-state index contributed by atoms with van der Waals surface area (Å²) in [5.41, 5.74) is 1.79. The maximum Gasteiger partial charge on any atom is 0.303 e. The lowest BCUT2D eigenvalue weighted by atomic mass is 10.0. The second-order valence-electron chi connectivity index (χ2n) is 3.25. The van der Waals surface area contributed by atoms with Crippen LogP contribution in [0.3, 0.4) is 0 Å². The zero-order valence-electron chi connectivity index (χ0n) is 8.25. The quantitative estimate of drug-likeness (QED) is 0.729. The monoisotopic (exact) mass is 194 g/mol. The average Bonchev–Trinajstić information content (AvgIpc) is 2.61. The molecule has 1 rings (SSSR count). The van der Waals surface area contributed by atoms with Gasteiger partial charge in [0.05, 0.1) is 6.42 Å². The molecule has 0 unspecified atom stereocenters. The fourth-order valence-electron chi connectivity index (χ4n) is 1.54. The first-order chi connectivity index (χ1) is 6.65. The van der Waals surface area contributed by atoms with Crippen molar-refractivity contribution in [2.45, 2.75) is 32.6 Å². The Bertz CT molecular complexity index is 310. The van der Waals surface area contributed by atoms with E-state index in [-0.39, 0.29) is 18.6 Å². The summed E-state index contributed by atoms with van der Waals surface area (Å²) in [6.45, 7) is 2.00. The third kappa shape index (κ3) is 2.55. The SMILES string of the molecule is CCC1=CCC=C1C(=O)CCC(=O)O. The van der Waals surface area contributed by atoms with Crippen molar-refractivity contribution >= 4 is 11.8 Å². The predicted molar refractivity (Wildman–Crippen MR) is 53.0 cm³/mol. The molecule has 1 N–H and O–H groups in total. The Hall–Kier alpha value is -1.38. The largest absolute Gasteiger partial charge is 0.481 e. The second-order valence-corrected chi connectivity index (χ2v) is 3.25. The van der Waals surface area contributed by atoms with Crippen LogP contribution >= 0.6 is 0 Å². The summed E-state index contributed by atoms with van der Waals surface area (Å²) in [7, 11) is 0. The van der Waals surface area contributed by atoms with Gasteiger partial charge < -0.3 is 5.11 Å². The third-order valence-corrected chi connectivity index (χ3v) is 2.28. The molecule has 0 aromatic rings. The average molecular weight is 194 g/mol. The number of allylic oxidation sites excluding steroid dienone is 4. The van der Waals surface area contributed by atoms with Crippen LogP contribution in [0, 0.1) is 0 Å². The van der Waals surface area contributed by atoms with E-state index in [9.17, 15) is 9.59 Å². The Labute approximate surface area is 83.1 Å². The molecule has 76 valence electrons. The van der Waals surface area contributed by atoms with Gasteiger partial charge in [0.2, 0.25) is 0 Å². The van der Waals surface area contributed by atoms with E-state index in [1.54, 1.807) is 0 Å². The Morgan fingerprint density at radius 2 is 2.07 bits per heavy atom. The van der Waals surface area contributed by atoms with Gasteiger partial charge in [-0.05, 0) is 18.4 Å². The molecule has 0 saturated heterocycles. The van der Waals surface area contributed by atoms with E-state index in [0.29, 0.717) is 0 Å². The van der Waals surface area contributed by atoms with Gasteiger partial charge in [-0.15, -0.1) is 0 Å². The summed E-state index contributed by atoms with van der Waals surface area (Å²) in [5.74, 6) is -0.961. The predicted octanol–water partition coefficient (Wildman–Crippen LogP) is 2.09. The van der Waals surface area contributed by atoms with E-state index < -0.39 is 5.97 Å². The topological polar surface area (TPSA) is 54.4 Å². The van der Waals surface area contributed by atoms with E-state index in [2.05, 4.69) is 0 Å². The summed E-state index contributed by atoms with van der Waals surface area (Å²) in [4.78, 5) is 21.8. The summed E-state index contributed by atoms with van der Waals surface area (Å²) in [5, 5.41) is 8.44. The van der Waals surface area contributed by atoms with Crippen molar-refractivity contribution in [3.8, 4) is 0 Å².